The van der Waals surface area contributed by atoms with Crippen molar-refractivity contribution in [1.29, 1.82) is 0 Å². The fourth-order valence-electron chi connectivity index (χ4n) is 2.81. The zero-order valence-electron chi connectivity index (χ0n) is 14.4. The van der Waals surface area contributed by atoms with Crippen molar-refractivity contribution < 1.29 is 19.1 Å². The molecule has 1 N–H and O–H groups in total. The van der Waals surface area contributed by atoms with E-state index in [4.69, 9.17) is 0 Å². The minimum absolute atomic E-state index is 0.0286. The maximum Gasteiger partial charge on any atom is 0.330 e. The normalized spacial score (nSPS) is 17.3. The van der Waals surface area contributed by atoms with Crippen molar-refractivity contribution in [3.05, 3.63) is 48.0 Å². The summed E-state index contributed by atoms with van der Waals surface area (Å²) in [6.45, 7) is 1.58. The zero-order valence-corrected chi connectivity index (χ0v) is 14.4. The van der Waals surface area contributed by atoms with Gasteiger partial charge in [-0.3, -0.25) is 9.59 Å². The topological polar surface area (TPSA) is 75.7 Å². The average molecular weight is 344 g/mol. The Morgan fingerprint density at radius 3 is 2.76 bits per heavy atom. The van der Waals surface area contributed by atoms with E-state index in [0.717, 1.165) is 12.8 Å². The van der Waals surface area contributed by atoms with Crippen molar-refractivity contribution >= 4 is 17.8 Å². The highest BCUT2D eigenvalue weighted by Gasteiger charge is 2.28. The lowest BCUT2D eigenvalue weighted by molar-refractivity contribution is -0.134. The second-order valence-corrected chi connectivity index (χ2v) is 5.96. The number of benzene rings is 1. The summed E-state index contributed by atoms with van der Waals surface area (Å²) >= 11 is 0. The summed E-state index contributed by atoms with van der Waals surface area (Å²) < 4.78 is 4.49. The largest absolute Gasteiger partial charge is 0.466 e. The number of carbonyl (C=O) groups excluding carboxylic acids is 3. The molecule has 6 heteroatoms. The molecule has 0 spiro atoms. The Morgan fingerprint density at radius 1 is 1.28 bits per heavy atom. The third-order valence-corrected chi connectivity index (χ3v) is 4.17. The van der Waals surface area contributed by atoms with Gasteiger partial charge in [-0.15, -0.1) is 0 Å². The number of rotatable bonds is 6. The molecule has 1 atom stereocenters. The van der Waals surface area contributed by atoms with E-state index in [1.165, 1.54) is 13.2 Å². The van der Waals surface area contributed by atoms with Crippen LogP contribution < -0.4 is 5.32 Å². The molecule has 134 valence electrons. The number of nitrogens with zero attached hydrogens (tertiary/aromatic N) is 1. The average Bonchev–Trinajstić information content (AvgIpc) is 2.67. The number of hydrogen-bond acceptors (Lipinski definition) is 4. The van der Waals surface area contributed by atoms with Crippen LogP contribution in [0.1, 0.15) is 29.6 Å². The predicted molar refractivity (Wildman–Crippen MR) is 93.9 cm³/mol. The summed E-state index contributed by atoms with van der Waals surface area (Å²) in [5, 5.41) is 2.86. The molecule has 2 amide bonds. The smallest absolute Gasteiger partial charge is 0.330 e. The minimum Gasteiger partial charge on any atom is -0.466 e. The predicted octanol–water partition coefficient (Wildman–Crippen LogP) is 1.77. The Bertz CT molecular complexity index is 628. The lowest BCUT2D eigenvalue weighted by Crippen LogP contribution is -2.45. The molecular formula is C19H24N2O4. The van der Waals surface area contributed by atoms with Gasteiger partial charge in [0.1, 0.15) is 0 Å². The van der Waals surface area contributed by atoms with Gasteiger partial charge >= 0.3 is 5.97 Å². The Kier molecular flexibility index (Phi) is 7.19. The number of hydrogen-bond donors (Lipinski definition) is 1. The van der Waals surface area contributed by atoms with Crippen LogP contribution in [0.25, 0.3) is 0 Å². The molecule has 1 aromatic rings. The monoisotopic (exact) mass is 344 g/mol. The third kappa shape index (κ3) is 5.74. The lowest BCUT2D eigenvalue weighted by atomic mass is 9.96. The number of nitrogens with one attached hydrogen (secondary N) is 1. The van der Waals surface area contributed by atoms with Gasteiger partial charge in [0.25, 0.3) is 5.91 Å². The van der Waals surface area contributed by atoms with Crippen LogP contribution in [0.2, 0.25) is 0 Å². The number of esters is 1. The van der Waals surface area contributed by atoms with Gasteiger partial charge < -0.3 is 15.0 Å². The molecule has 25 heavy (non-hydrogen) atoms. The summed E-state index contributed by atoms with van der Waals surface area (Å²) in [6, 6.07) is 9.13. The van der Waals surface area contributed by atoms with Crippen LogP contribution in [0, 0.1) is 5.92 Å². The van der Waals surface area contributed by atoms with Gasteiger partial charge in [0.15, 0.2) is 0 Å². The summed E-state index contributed by atoms with van der Waals surface area (Å²) in [7, 11) is 1.32. The number of carbonyl (C=O) groups is 3. The third-order valence-electron chi connectivity index (χ3n) is 4.17. The highest BCUT2D eigenvalue weighted by Crippen LogP contribution is 2.18. The molecule has 0 bridgehead atoms. The van der Waals surface area contributed by atoms with Crippen molar-refractivity contribution in [2.45, 2.75) is 19.3 Å². The van der Waals surface area contributed by atoms with E-state index in [0.29, 0.717) is 31.6 Å². The van der Waals surface area contributed by atoms with E-state index < -0.39 is 5.97 Å². The zero-order chi connectivity index (χ0) is 18.1. The molecule has 1 aromatic carbocycles. The van der Waals surface area contributed by atoms with Gasteiger partial charge in [-0.2, -0.15) is 0 Å². The van der Waals surface area contributed by atoms with E-state index in [1.807, 2.05) is 18.2 Å². The maximum atomic E-state index is 12.5. The summed E-state index contributed by atoms with van der Waals surface area (Å²) in [5.74, 6) is -0.671. The fraction of sp³-hybridized carbons (Fsp3) is 0.421. The number of methoxy groups -OCH3 is 1. The van der Waals surface area contributed by atoms with Crippen molar-refractivity contribution in [3.63, 3.8) is 0 Å². The summed E-state index contributed by atoms with van der Waals surface area (Å²) in [4.78, 5) is 37.5. The molecule has 0 unspecified atom stereocenters. The van der Waals surface area contributed by atoms with E-state index in [2.05, 4.69) is 10.1 Å². The fourth-order valence-corrected chi connectivity index (χ4v) is 2.81. The van der Waals surface area contributed by atoms with Gasteiger partial charge in [-0.25, -0.2) is 4.79 Å². The Hall–Kier alpha value is -2.63. The van der Waals surface area contributed by atoms with E-state index >= 15 is 0 Å². The van der Waals surface area contributed by atoms with Crippen LogP contribution >= 0.6 is 0 Å². The molecule has 0 radical (unpaired) electrons. The van der Waals surface area contributed by atoms with Crippen molar-refractivity contribution in [2.75, 3.05) is 26.7 Å². The number of likely N-dealkylation sites (tertiary alicyclic amines) is 1. The highest BCUT2D eigenvalue weighted by molar-refractivity contribution is 5.94. The van der Waals surface area contributed by atoms with Crippen LogP contribution in [0.5, 0.6) is 0 Å². The molecule has 0 aliphatic carbocycles. The number of ether oxygens (including phenoxy) is 1. The molecule has 1 aliphatic rings. The first kappa shape index (κ1) is 18.7. The van der Waals surface area contributed by atoms with Crippen molar-refractivity contribution in [1.82, 2.24) is 10.2 Å². The lowest BCUT2D eigenvalue weighted by Gasteiger charge is -2.32. The highest BCUT2D eigenvalue weighted by atomic mass is 16.5. The molecule has 1 saturated heterocycles. The first-order chi connectivity index (χ1) is 12.1. The number of piperidine rings is 1. The van der Waals surface area contributed by atoms with Crippen LogP contribution in [0.3, 0.4) is 0 Å². The van der Waals surface area contributed by atoms with Gasteiger partial charge in [-0.05, 0) is 31.4 Å². The van der Waals surface area contributed by atoms with E-state index in [9.17, 15) is 14.4 Å². The molecular weight excluding hydrogens is 320 g/mol. The van der Waals surface area contributed by atoms with Crippen LogP contribution in [0.15, 0.2) is 42.5 Å². The van der Waals surface area contributed by atoms with E-state index in [1.54, 1.807) is 23.1 Å². The van der Waals surface area contributed by atoms with Gasteiger partial charge in [0.2, 0.25) is 5.91 Å². The minimum atomic E-state index is -0.409. The van der Waals surface area contributed by atoms with Crippen LogP contribution in [-0.4, -0.2) is 49.4 Å². The second-order valence-electron chi connectivity index (χ2n) is 5.96. The van der Waals surface area contributed by atoms with Crippen molar-refractivity contribution in [3.8, 4) is 0 Å². The summed E-state index contributed by atoms with van der Waals surface area (Å²) in [6.07, 6.45) is 5.16. The maximum absolute atomic E-state index is 12.5. The number of amides is 2. The molecule has 1 aliphatic heterocycles. The standard InChI is InChI=1S/C19H24N2O4/c1-25-17(22)11-5-6-12-20-18(23)16-10-7-13-21(14-16)19(24)15-8-3-2-4-9-15/h2-5,8-9,11,16H,6-7,10,12-14H2,1H3,(H,20,23)/b11-5+/t16-/m0/s1. The molecule has 1 heterocycles. The second kappa shape index (κ2) is 9.61. The Balaban J connectivity index is 1.80. The molecule has 0 saturated carbocycles. The Labute approximate surface area is 147 Å². The van der Waals surface area contributed by atoms with Crippen LogP contribution in [0.4, 0.5) is 0 Å². The molecule has 1 fully saturated rings. The SMILES string of the molecule is COC(=O)/C=C/CCNC(=O)[C@H]1CCCN(C(=O)c2ccccc2)C1. The molecule has 0 aromatic heterocycles. The first-order valence-electron chi connectivity index (χ1n) is 8.48. The van der Waals surface area contributed by atoms with Crippen LogP contribution in [-0.2, 0) is 14.3 Å². The van der Waals surface area contributed by atoms with E-state index in [-0.39, 0.29) is 17.7 Å². The quantitative estimate of drug-likeness (QED) is 0.485. The van der Waals surface area contributed by atoms with Crippen molar-refractivity contribution in [2.24, 2.45) is 5.92 Å². The summed E-state index contributed by atoms with van der Waals surface area (Å²) in [5.41, 5.74) is 0.650. The van der Waals surface area contributed by atoms with Gasteiger partial charge in [0, 0.05) is 31.3 Å². The first-order valence-corrected chi connectivity index (χ1v) is 8.48. The Morgan fingerprint density at radius 2 is 2.04 bits per heavy atom. The molecule has 6 nitrogen and oxygen atoms in total. The van der Waals surface area contributed by atoms with Gasteiger partial charge in [0.05, 0.1) is 13.0 Å². The molecule has 2 rings (SSSR count). The van der Waals surface area contributed by atoms with Gasteiger partial charge in [-0.1, -0.05) is 24.3 Å².